The summed E-state index contributed by atoms with van der Waals surface area (Å²) >= 11 is 0. The van der Waals surface area contributed by atoms with E-state index in [1.165, 1.54) is 19.3 Å². The summed E-state index contributed by atoms with van der Waals surface area (Å²) in [5, 5.41) is 10.3. The number of rotatable bonds is 0. The van der Waals surface area contributed by atoms with Gasteiger partial charge in [-0.1, -0.05) is 0 Å². The van der Waals surface area contributed by atoms with Crippen LogP contribution in [0.15, 0.2) is 0 Å². The van der Waals surface area contributed by atoms with E-state index in [0.29, 0.717) is 0 Å². The van der Waals surface area contributed by atoms with Gasteiger partial charge in [0.1, 0.15) is 0 Å². The van der Waals surface area contributed by atoms with Crippen LogP contribution in [0.5, 0.6) is 0 Å². The van der Waals surface area contributed by atoms with E-state index in [1.807, 2.05) is 0 Å². The van der Waals surface area contributed by atoms with Crippen molar-refractivity contribution in [2.24, 2.45) is 0 Å². The van der Waals surface area contributed by atoms with E-state index in [1.54, 1.807) is 0 Å². The van der Waals surface area contributed by atoms with Gasteiger partial charge in [-0.25, -0.2) is 0 Å². The number of hydrogen-bond donors (Lipinski definition) is 3. The summed E-state index contributed by atoms with van der Waals surface area (Å²) in [6.45, 7) is 6.96. The zero-order chi connectivity index (χ0) is 8.49. The Labute approximate surface area is 75.3 Å². The number of hydrogen-bond acceptors (Lipinski definition) is 3. The largest absolute Gasteiger partial charge is 0.317 e. The van der Waals surface area contributed by atoms with Crippen LogP contribution < -0.4 is 16.0 Å². The Bertz CT molecular complexity index is 52.8. The molecule has 0 radical (unpaired) electrons. The third kappa shape index (κ3) is 5.52. The Morgan fingerprint density at radius 2 is 0.667 bits per heavy atom. The fourth-order valence-electron chi connectivity index (χ4n) is 1.39. The summed E-state index contributed by atoms with van der Waals surface area (Å²) in [6, 6.07) is 0. The van der Waals surface area contributed by atoms with Crippen molar-refractivity contribution in [1.82, 2.24) is 16.0 Å². The van der Waals surface area contributed by atoms with Crippen LogP contribution in [0.4, 0.5) is 0 Å². The first-order chi connectivity index (χ1) is 6.00. The van der Waals surface area contributed by atoms with Crippen molar-refractivity contribution < 1.29 is 0 Å². The average Bonchev–Trinajstić information content (AvgIpc) is 2.05. The molecule has 0 atom stereocenters. The second-order valence-corrected chi connectivity index (χ2v) is 3.31. The fraction of sp³-hybridized carbons (Fsp3) is 1.00. The summed E-state index contributed by atoms with van der Waals surface area (Å²) in [6.07, 6.45) is 3.77. The predicted molar refractivity (Wildman–Crippen MR) is 52.5 cm³/mol. The molecule has 1 heterocycles. The lowest BCUT2D eigenvalue weighted by molar-refractivity contribution is 0.527. The molecule has 1 aliphatic heterocycles. The predicted octanol–water partition coefficient (Wildman–Crippen LogP) is -0.0609. The van der Waals surface area contributed by atoms with Crippen LogP contribution in [-0.4, -0.2) is 39.3 Å². The highest BCUT2D eigenvalue weighted by Crippen LogP contribution is 1.81. The van der Waals surface area contributed by atoms with Gasteiger partial charge in [0, 0.05) is 0 Å². The fourth-order valence-corrected chi connectivity index (χ4v) is 1.39. The molecular formula is C9H21N3. The first-order valence-electron chi connectivity index (χ1n) is 5.12. The van der Waals surface area contributed by atoms with Gasteiger partial charge in [0.15, 0.2) is 0 Å². The molecule has 1 aliphatic rings. The van der Waals surface area contributed by atoms with Gasteiger partial charge in [-0.3, -0.25) is 0 Å². The molecule has 72 valence electrons. The van der Waals surface area contributed by atoms with Gasteiger partial charge >= 0.3 is 0 Å². The smallest absolute Gasteiger partial charge is 0.00368 e. The Morgan fingerprint density at radius 1 is 0.417 bits per heavy atom. The lowest BCUT2D eigenvalue weighted by Crippen LogP contribution is -2.29. The van der Waals surface area contributed by atoms with E-state index in [2.05, 4.69) is 16.0 Å². The molecule has 0 aliphatic carbocycles. The van der Waals surface area contributed by atoms with Gasteiger partial charge in [0.25, 0.3) is 0 Å². The minimum atomic E-state index is 1.16. The van der Waals surface area contributed by atoms with E-state index >= 15 is 0 Å². The molecule has 0 saturated carbocycles. The minimum Gasteiger partial charge on any atom is -0.317 e. The van der Waals surface area contributed by atoms with Crippen molar-refractivity contribution in [2.45, 2.75) is 19.3 Å². The van der Waals surface area contributed by atoms with E-state index in [4.69, 9.17) is 0 Å². The van der Waals surface area contributed by atoms with Crippen LogP contribution >= 0.6 is 0 Å². The summed E-state index contributed by atoms with van der Waals surface area (Å²) in [5.41, 5.74) is 0. The summed E-state index contributed by atoms with van der Waals surface area (Å²) in [5.74, 6) is 0. The third-order valence-electron chi connectivity index (χ3n) is 2.12. The van der Waals surface area contributed by atoms with Crippen molar-refractivity contribution in [3.05, 3.63) is 0 Å². The SMILES string of the molecule is C1CNCCCNCCCNC1. The van der Waals surface area contributed by atoms with Crippen molar-refractivity contribution in [3.63, 3.8) is 0 Å². The minimum absolute atomic E-state index is 1.16. The normalized spacial score (nSPS) is 24.0. The summed E-state index contributed by atoms with van der Waals surface area (Å²) < 4.78 is 0. The first-order valence-corrected chi connectivity index (χ1v) is 5.12. The Kier molecular flexibility index (Phi) is 6.25. The number of nitrogens with one attached hydrogen (secondary N) is 3. The molecule has 12 heavy (non-hydrogen) atoms. The topological polar surface area (TPSA) is 36.1 Å². The quantitative estimate of drug-likeness (QED) is 0.478. The lowest BCUT2D eigenvalue weighted by Gasteiger charge is -2.09. The maximum absolute atomic E-state index is 3.42. The first kappa shape index (κ1) is 9.96. The highest BCUT2D eigenvalue weighted by atomic mass is 14.9. The van der Waals surface area contributed by atoms with Crippen LogP contribution in [0.3, 0.4) is 0 Å². The molecule has 0 aromatic rings. The molecule has 0 unspecified atom stereocenters. The van der Waals surface area contributed by atoms with Crippen molar-refractivity contribution in [2.75, 3.05) is 39.3 Å². The van der Waals surface area contributed by atoms with Crippen molar-refractivity contribution in [1.29, 1.82) is 0 Å². The molecule has 0 amide bonds. The van der Waals surface area contributed by atoms with Gasteiger partial charge in [-0.05, 0) is 58.5 Å². The van der Waals surface area contributed by atoms with Gasteiger partial charge in [0.2, 0.25) is 0 Å². The lowest BCUT2D eigenvalue weighted by atomic mass is 10.3. The van der Waals surface area contributed by atoms with Gasteiger partial charge in [-0.15, -0.1) is 0 Å². The maximum Gasteiger partial charge on any atom is -0.00368 e. The highest BCUT2D eigenvalue weighted by Gasteiger charge is 1.93. The second kappa shape index (κ2) is 7.53. The zero-order valence-electron chi connectivity index (χ0n) is 7.86. The molecular weight excluding hydrogens is 150 g/mol. The zero-order valence-corrected chi connectivity index (χ0v) is 7.86. The van der Waals surface area contributed by atoms with Gasteiger partial charge in [0.05, 0.1) is 0 Å². The van der Waals surface area contributed by atoms with Gasteiger partial charge in [-0.2, -0.15) is 0 Å². The Hall–Kier alpha value is -0.120. The van der Waals surface area contributed by atoms with Crippen molar-refractivity contribution >= 4 is 0 Å². The molecule has 1 fully saturated rings. The van der Waals surface area contributed by atoms with Crippen LogP contribution in [0.25, 0.3) is 0 Å². The van der Waals surface area contributed by atoms with E-state index in [9.17, 15) is 0 Å². The monoisotopic (exact) mass is 171 g/mol. The van der Waals surface area contributed by atoms with E-state index < -0.39 is 0 Å². The molecule has 1 rings (SSSR count). The molecule has 1 saturated heterocycles. The molecule has 3 heteroatoms. The van der Waals surface area contributed by atoms with Gasteiger partial charge < -0.3 is 16.0 Å². The molecule has 0 spiro atoms. The van der Waals surface area contributed by atoms with Crippen molar-refractivity contribution in [3.8, 4) is 0 Å². The summed E-state index contributed by atoms with van der Waals surface area (Å²) in [4.78, 5) is 0. The van der Waals surface area contributed by atoms with E-state index in [-0.39, 0.29) is 0 Å². The third-order valence-corrected chi connectivity index (χ3v) is 2.12. The Balaban J connectivity index is 2.00. The molecule has 0 aromatic heterocycles. The molecule has 0 aromatic carbocycles. The Morgan fingerprint density at radius 3 is 0.917 bits per heavy atom. The highest BCUT2D eigenvalue weighted by molar-refractivity contribution is 4.57. The average molecular weight is 171 g/mol. The molecule has 0 bridgehead atoms. The van der Waals surface area contributed by atoms with E-state index in [0.717, 1.165) is 39.3 Å². The molecule has 3 N–H and O–H groups in total. The van der Waals surface area contributed by atoms with Crippen LogP contribution in [0, 0.1) is 0 Å². The molecule has 3 nitrogen and oxygen atoms in total. The van der Waals surface area contributed by atoms with Crippen LogP contribution in [-0.2, 0) is 0 Å². The second-order valence-electron chi connectivity index (χ2n) is 3.31. The summed E-state index contributed by atoms with van der Waals surface area (Å²) in [7, 11) is 0. The van der Waals surface area contributed by atoms with Crippen LogP contribution in [0.2, 0.25) is 0 Å². The van der Waals surface area contributed by atoms with Crippen LogP contribution in [0.1, 0.15) is 19.3 Å². The maximum atomic E-state index is 3.42. The standard InChI is InChI=1S/C9H21N3/c1-4-10-6-2-8-12-9-3-7-11-5-1/h10-12H,1-9H2.